The number of aliphatic imine (C=N–C) groups is 1. The van der Waals surface area contributed by atoms with Crippen LogP contribution < -0.4 is 10.5 Å². The Bertz CT molecular complexity index is 1210. The van der Waals surface area contributed by atoms with Gasteiger partial charge in [-0.05, 0) is 56.5 Å². The lowest BCUT2D eigenvalue weighted by Gasteiger charge is -2.41. The van der Waals surface area contributed by atoms with E-state index in [-0.39, 0.29) is 0 Å². The van der Waals surface area contributed by atoms with E-state index in [0.717, 1.165) is 61.4 Å². The second-order valence-electron chi connectivity index (χ2n) is 9.68. The molecule has 0 amide bonds. The summed E-state index contributed by atoms with van der Waals surface area (Å²) in [5.41, 5.74) is 13.3. The van der Waals surface area contributed by atoms with Crippen molar-refractivity contribution >= 4 is 23.2 Å². The number of piperidine rings is 1. The predicted molar refractivity (Wildman–Crippen MR) is 135 cm³/mol. The van der Waals surface area contributed by atoms with E-state index in [0.29, 0.717) is 29.4 Å². The van der Waals surface area contributed by atoms with Crippen LogP contribution in [0.4, 0.5) is 5.82 Å². The minimum absolute atomic E-state index is 0.292. The zero-order valence-corrected chi connectivity index (χ0v) is 20.5. The summed E-state index contributed by atoms with van der Waals surface area (Å²) in [6, 6.07) is 4.83. The maximum Gasteiger partial charge on any atom is 0.196 e. The van der Waals surface area contributed by atoms with Gasteiger partial charge in [0, 0.05) is 28.9 Å². The number of ether oxygens (including phenoxy) is 2. The number of nitrogens with two attached hydrogens (primary N) is 1. The first-order valence-electron chi connectivity index (χ1n) is 12.1. The number of aromatic amines is 1. The quantitative estimate of drug-likeness (QED) is 0.419. The zero-order valence-electron chi connectivity index (χ0n) is 20.5. The Hall–Kier alpha value is -2.97. The van der Waals surface area contributed by atoms with Crippen LogP contribution in [0.25, 0.3) is 22.3 Å². The SMILES string of the molecule is COc1cc(-c2[nH]c3cc(C)c(C4CCN(C5COC5)CC4)nc3c2C(C)C)cnc1/N=C/N. The summed E-state index contributed by atoms with van der Waals surface area (Å²) in [7, 11) is 1.62. The number of H-pyrrole nitrogens is 1. The highest BCUT2D eigenvalue weighted by Gasteiger charge is 2.31. The first kappa shape index (κ1) is 22.8. The van der Waals surface area contributed by atoms with Crippen LogP contribution in [-0.2, 0) is 4.74 Å². The lowest BCUT2D eigenvalue weighted by atomic mass is 9.89. The van der Waals surface area contributed by atoms with Crippen molar-refractivity contribution in [2.24, 2.45) is 10.7 Å². The van der Waals surface area contributed by atoms with Gasteiger partial charge >= 0.3 is 0 Å². The third-order valence-corrected chi connectivity index (χ3v) is 7.21. The summed E-state index contributed by atoms with van der Waals surface area (Å²) in [6.45, 7) is 10.6. The van der Waals surface area contributed by atoms with Crippen LogP contribution >= 0.6 is 0 Å². The van der Waals surface area contributed by atoms with E-state index >= 15 is 0 Å². The standard InChI is InChI=1S/C26H34N6O2/c1-15(2)22-24(18-10-21(33-4)26(28-11-18)29-14-27)30-20-9-16(3)23(31-25(20)22)17-5-7-32(8-6-17)19-12-34-13-19/h9-11,14-15,17,19,30H,5-8,12-13H2,1-4H3,(H2,27,28,29). The molecule has 0 atom stereocenters. The van der Waals surface area contributed by atoms with Crippen LogP contribution in [0.1, 0.15) is 55.3 Å². The van der Waals surface area contributed by atoms with Gasteiger partial charge in [0.25, 0.3) is 0 Å². The molecular weight excluding hydrogens is 428 g/mol. The molecule has 0 aromatic carbocycles. The van der Waals surface area contributed by atoms with Gasteiger partial charge in [0.15, 0.2) is 11.6 Å². The van der Waals surface area contributed by atoms with Gasteiger partial charge in [0.05, 0.1) is 49.4 Å². The molecule has 0 spiro atoms. The molecule has 2 aliphatic heterocycles. The molecule has 0 unspecified atom stereocenters. The second-order valence-corrected chi connectivity index (χ2v) is 9.68. The van der Waals surface area contributed by atoms with Crippen LogP contribution in [0, 0.1) is 6.92 Å². The highest BCUT2D eigenvalue weighted by Crippen LogP contribution is 2.39. The molecule has 180 valence electrons. The number of nitrogens with one attached hydrogen (secondary N) is 1. The Kier molecular flexibility index (Phi) is 6.27. The molecule has 3 N–H and O–H groups in total. The number of aryl methyl sites for hydroxylation is 1. The van der Waals surface area contributed by atoms with Gasteiger partial charge in [0.1, 0.15) is 0 Å². The van der Waals surface area contributed by atoms with Crippen molar-refractivity contribution in [3.8, 4) is 17.0 Å². The van der Waals surface area contributed by atoms with Gasteiger partial charge in [-0.2, -0.15) is 0 Å². The fourth-order valence-electron chi connectivity index (χ4n) is 5.32. The first-order chi connectivity index (χ1) is 16.5. The van der Waals surface area contributed by atoms with E-state index in [4.69, 9.17) is 20.2 Å². The van der Waals surface area contributed by atoms with Crippen LogP contribution in [0.5, 0.6) is 5.75 Å². The number of rotatable bonds is 6. The summed E-state index contributed by atoms with van der Waals surface area (Å²) in [5, 5.41) is 0. The molecule has 0 aliphatic carbocycles. The van der Waals surface area contributed by atoms with E-state index in [1.54, 1.807) is 7.11 Å². The molecule has 2 aliphatic rings. The van der Waals surface area contributed by atoms with Crippen molar-refractivity contribution in [1.82, 2.24) is 19.9 Å². The van der Waals surface area contributed by atoms with Crippen molar-refractivity contribution in [2.45, 2.75) is 51.5 Å². The van der Waals surface area contributed by atoms with Gasteiger partial charge in [0.2, 0.25) is 0 Å². The average Bonchev–Trinajstić information content (AvgIpc) is 3.17. The van der Waals surface area contributed by atoms with E-state index in [2.05, 4.69) is 46.7 Å². The largest absolute Gasteiger partial charge is 0.493 e. The number of nitrogens with zero attached hydrogens (tertiary/aromatic N) is 4. The molecule has 3 aromatic heterocycles. The maximum absolute atomic E-state index is 5.52. The number of aromatic nitrogens is 3. The summed E-state index contributed by atoms with van der Waals surface area (Å²) in [5.74, 6) is 1.84. The smallest absolute Gasteiger partial charge is 0.196 e. The van der Waals surface area contributed by atoms with Crippen LogP contribution in [0.2, 0.25) is 0 Å². The Morgan fingerprint density at radius 3 is 2.65 bits per heavy atom. The number of likely N-dealkylation sites (tertiary alicyclic amines) is 1. The predicted octanol–water partition coefficient (Wildman–Crippen LogP) is 4.26. The normalized spacial score (nSPS) is 18.3. The molecule has 0 radical (unpaired) electrons. The minimum Gasteiger partial charge on any atom is -0.493 e. The van der Waals surface area contributed by atoms with Crippen LogP contribution in [0.15, 0.2) is 23.3 Å². The molecule has 5 heterocycles. The molecule has 34 heavy (non-hydrogen) atoms. The van der Waals surface area contributed by atoms with Crippen molar-refractivity contribution in [3.05, 3.63) is 35.2 Å². The van der Waals surface area contributed by atoms with E-state index < -0.39 is 0 Å². The third-order valence-electron chi connectivity index (χ3n) is 7.21. The fourth-order valence-corrected chi connectivity index (χ4v) is 5.32. The zero-order chi connectivity index (χ0) is 23.8. The summed E-state index contributed by atoms with van der Waals surface area (Å²) in [4.78, 5) is 20.1. The second kappa shape index (κ2) is 9.35. The lowest BCUT2D eigenvalue weighted by Crippen LogP contribution is -2.51. The molecule has 0 saturated carbocycles. The molecule has 8 heteroatoms. The van der Waals surface area contributed by atoms with Crippen LogP contribution in [0.3, 0.4) is 0 Å². The molecule has 0 bridgehead atoms. The van der Waals surface area contributed by atoms with Gasteiger partial charge < -0.3 is 20.2 Å². The highest BCUT2D eigenvalue weighted by atomic mass is 16.5. The number of hydrogen-bond donors (Lipinski definition) is 2. The minimum atomic E-state index is 0.292. The molecule has 5 rings (SSSR count). The lowest BCUT2D eigenvalue weighted by molar-refractivity contribution is -0.0713. The molecule has 2 fully saturated rings. The Morgan fingerprint density at radius 2 is 2.03 bits per heavy atom. The maximum atomic E-state index is 5.52. The molecule has 8 nitrogen and oxygen atoms in total. The van der Waals surface area contributed by atoms with Crippen LogP contribution in [-0.4, -0.2) is 65.6 Å². The number of fused-ring (bicyclic) bond motifs is 1. The fraction of sp³-hybridized carbons (Fsp3) is 0.500. The summed E-state index contributed by atoms with van der Waals surface area (Å²) >= 11 is 0. The van der Waals surface area contributed by atoms with Crippen molar-refractivity contribution in [1.29, 1.82) is 0 Å². The average molecular weight is 463 g/mol. The first-order valence-corrected chi connectivity index (χ1v) is 12.1. The Morgan fingerprint density at radius 1 is 1.26 bits per heavy atom. The van der Waals surface area contributed by atoms with E-state index in [1.807, 2.05) is 12.3 Å². The van der Waals surface area contributed by atoms with Gasteiger partial charge in [-0.25, -0.2) is 9.98 Å². The van der Waals surface area contributed by atoms with Gasteiger partial charge in [-0.1, -0.05) is 13.8 Å². The topological polar surface area (TPSA) is 102 Å². The van der Waals surface area contributed by atoms with Gasteiger partial charge in [-0.15, -0.1) is 0 Å². The number of methoxy groups -OCH3 is 1. The molecule has 2 saturated heterocycles. The Labute approximate surface area is 200 Å². The van der Waals surface area contributed by atoms with E-state index in [1.165, 1.54) is 23.2 Å². The summed E-state index contributed by atoms with van der Waals surface area (Å²) in [6.07, 6.45) is 5.34. The Balaban J connectivity index is 1.52. The van der Waals surface area contributed by atoms with Gasteiger partial charge in [-0.3, -0.25) is 9.88 Å². The van der Waals surface area contributed by atoms with Crippen molar-refractivity contribution in [2.75, 3.05) is 33.4 Å². The molecule has 3 aromatic rings. The number of pyridine rings is 2. The van der Waals surface area contributed by atoms with Crippen molar-refractivity contribution in [3.63, 3.8) is 0 Å². The summed E-state index contributed by atoms with van der Waals surface area (Å²) < 4.78 is 10.9. The third kappa shape index (κ3) is 4.05. The molecular formula is C26H34N6O2. The number of hydrogen-bond acceptors (Lipinski definition) is 6. The van der Waals surface area contributed by atoms with Crippen molar-refractivity contribution < 1.29 is 9.47 Å². The van der Waals surface area contributed by atoms with E-state index in [9.17, 15) is 0 Å². The highest BCUT2D eigenvalue weighted by molar-refractivity contribution is 5.89. The monoisotopic (exact) mass is 462 g/mol.